The lowest BCUT2D eigenvalue weighted by atomic mass is 9.94. The van der Waals surface area contributed by atoms with E-state index in [9.17, 15) is 14.4 Å². The van der Waals surface area contributed by atoms with Gasteiger partial charge in [-0.2, -0.15) is 0 Å². The molecule has 0 atom stereocenters. The van der Waals surface area contributed by atoms with Crippen molar-refractivity contribution in [3.63, 3.8) is 0 Å². The summed E-state index contributed by atoms with van der Waals surface area (Å²) in [5.41, 5.74) is 1.73. The van der Waals surface area contributed by atoms with Crippen LogP contribution in [0.3, 0.4) is 0 Å². The Hall–Kier alpha value is -3.98. The van der Waals surface area contributed by atoms with Gasteiger partial charge in [0.15, 0.2) is 5.16 Å². The number of anilines is 1. The van der Waals surface area contributed by atoms with Crippen LogP contribution in [-0.2, 0) is 11.8 Å². The van der Waals surface area contributed by atoms with Crippen LogP contribution < -0.4 is 5.32 Å². The van der Waals surface area contributed by atoms with E-state index in [-0.39, 0.29) is 30.7 Å². The van der Waals surface area contributed by atoms with Crippen LogP contribution in [0.15, 0.2) is 77.0 Å². The largest absolute Gasteiger partial charge is 0.326 e. The van der Waals surface area contributed by atoms with Crippen molar-refractivity contribution in [1.29, 1.82) is 0 Å². The summed E-state index contributed by atoms with van der Waals surface area (Å²) in [5, 5.41) is 13.1. The lowest BCUT2D eigenvalue weighted by molar-refractivity contribution is -0.116. The zero-order valence-electron chi connectivity index (χ0n) is 18.4. The molecule has 1 aliphatic rings. The molecule has 0 spiro atoms. The Labute approximate surface area is 200 Å². The molecule has 3 aromatic carbocycles. The summed E-state index contributed by atoms with van der Waals surface area (Å²) >= 11 is 1.48. The molecular formula is C25H21N5O3S. The number of carbonyl (C=O) groups is 3. The zero-order chi connectivity index (χ0) is 23.7. The van der Waals surface area contributed by atoms with Gasteiger partial charge < -0.3 is 9.88 Å². The smallest absolute Gasteiger partial charge is 0.261 e. The van der Waals surface area contributed by atoms with Crippen molar-refractivity contribution < 1.29 is 14.4 Å². The van der Waals surface area contributed by atoms with Gasteiger partial charge in [0.05, 0.1) is 0 Å². The second kappa shape index (κ2) is 9.11. The maximum Gasteiger partial charge on any atom is 0.261 e. The molecule has 8 nitrogen and oxygen atoms in total. The Balaban J connectivity index is 1.17. The van der Waals surface area contributed by atoms with Gasteiger partial charge in [-0.05, 0) is 60.0 Å². The molecule has 0 radical (unpaired) electrons. The first-order valence-electron chi connectivity index (χ1n) is 10.8. The number of rotatable bonds is 7. The molecule has 1 N–H and O–H groups in total. The Morgan fingerprint density at radius 1 is 0.971 bits per heavy atom. The van der Waals surface area contributed by atoms with Gasteiger partial charge in [-0.15, -0.1) is 10.2 Å². The summed E-state index contributed by atoms with van der Waals surface area (Å²) in [6, 6.07) is 18.4. The minimum absolute atomic E-state index is 0.173. The summed E-state index contributed by atoms with van der Waals surface area (Å²) in [5.74, 6) is -0.801. The first-order valence-corrected chi connectivity index (χ1v) is 11.6. The van der Waals surface area contributed by atoms with E-state index >= 15 is 0 Å². The van der Waals surface area contributed by atoms with E-state index in [1.807, 2.05) is 60.1 Å². The molecule has 5 rings (SSSR count). The minimum Gasteiger partial charge on any atom is -0.326 e. The average molecular weight is 472 g/mol. The molecule has 9 heteroatoms. The number of aryl methyl sites for hydroxylation is 1. The van der Waals surface area contributed by atoms with Crippen LogP contribution in [0, 0.1) is 0 Å². The summed E-state index contributed by atoms with van der Waals surface area (Å²) in [6.45, 7) is 0.184. The van der Waals surface area contributed by atoms with Crippen LogP contribution in [0.2, 0.25) is 0 Å². The van der Waals surface area contributed by atoms with Gasteiger partial charge in [-0.3, -0.25) is 19.3 Å². The van der Waals surface area contributed by atoms with Crippen LogP contribution in [0.1, 0.15) is 33.6 Å². The third kappa shape index (κ3) is 4.17. The predicted octanol–water partition coefficient (Wildman–Crippen LogP) is 4.13. The maximum atomic E-state index is 12.9. The molecular weight excluding hydrogens is 450 g/mol. The molecule has 34 heavy (non-hydrogen) atoms. The molecule has 2 heterocycles. The molecule has 0 unspecified atom stereocenters. The van der Waals surface area contributed by atoms with Gasteiger partial charge in [0.1, 0.15) is 6.33 Å². The Morgan fingerprint density at radius 2 is 1.65 bits per heavy atom. The molecule has 170 valence electrons. The van der Waals surface area contributed by atoms with Gasteiger partial charge in [-0.1, -0.05) is 24.3 Å². The second-order valence-electron chi connectivity index (χ2n) is 7.97. The van der Waals surface area contributed by atoms with Crippen molar-refractivity contribution in [3.05, 3.63) is 78.1 Å². The minimum atomic E-state index is -0.314. The van der Waals surface area contributed by atoms with Crippen molar-refractivity contribution in [2.24, 2.45) is 7.05 Å². The third-order valence-corrected chi connectivity index (χ3v) is 6.72. The number of hydrogen-bond donors (Lipinski definition) is 1. The van der Waals surface area contributed by atoms with E-state index in [0.717, 1.165) is 15.4 Å². The van der Waals surface area contributed by atoms with E-state index in [1.54, 1.807) is 18.5 Å². The first-order chi connectivity index (χ1) is 16.5. The standard InChI is InChI=1S/C25H21N5O3S/c1-29-15-26-28-25(29)34-18-12-10-17(11-13-18)27-21(31)9-4-14-30-23(32)19-7-2-5-16-6-3-8-20(22(16)19)24(30)33/h2-3,5-8,10-13,15H,4,9,14H2,1H3,(H,27,31). The molecule has 0 aliphatic carbocycles. The van der Waals surface area contributed by atoms with E-state index in [0.29, 0.717) is 28.6 Å². The second-order valence-corrected chi connectivity index (χ2v) is 9.01. The molecule has 1 aliphatic heterocycles. The van der Waals surface area contributed by atoms with E-state index in [2.05, 4.69) is 15.5 Å². The van der Waals surface area contributed by atoms with E-state index in [1.165, 1.54) is 16.7 Å². The topological polar surface area (TPSA) is 97.2 Å². The van der Waals surface area contributed by atoms with Crippen molar-refractivity contribution in [1.82, 2.24) is 19.7 Å². The van der Waals surface area contributed by atoms with Gasteiger partial charge >= 0.3 is 0 Å². The highest BCUT2D eigenvalue weighted by Crippen LogP contribution is 2.30. The van der Waals surface area contributed by atoms with Gasteiger partial charge in [0, 0.05) is 47.1 Å². The van der Waals surface area contributed by atoms with Crippen LogP contribution >= 0.6 is 11.8 Å². The SMILES string of the molecule is Cn1cnnc1Sc1ccc(NC(=O)CCCN2C(=O)c3cccc4cccc(c34)C2=O)cc1. The summed E-state index contributed by atoms with van der Waals surface area (Å²) in [7, 11) is 1.88. The van der Waals surface area contributed by atoms with E-state index in [4.69, 9.17) is 0 Å². The van der Waals surface area contributed by atoms with Gasteiger partial charge in [-0.25, -0.2) is 0 Å². The number of benzene rings is 3. The van der Waals surface area contributed by atoms with Gasteiger partial charge in [0.2, 0.25) is 5.91 Å². The highest BCUT2D eigenvalue weighted by molar-refractivity contribution is 7.99. The molecule has 1 aromatic heterocycles. The van der Waals surface area contributed by atoms with Crippen molar-refractivity contribution in [2.75, 3.05) is 11.9 Å². The first kappa shape index (κ1) is 21.8. The van der Waals surface area contributed by atoms with Gasteiger partial charge in [0.25, 0.3) is 11.8 Å². The molecule has 0 bridgehead atoms. The van der Waals surface area contributed by atoms with Crippen LogP contribution in [0.4, 0.5) is 5.69 Å². The number of imide groups is 1. The van der Waals surface area contributed by atoms with Crippen molar-refractivity contribution in [3.8, 4) is 0 Å². The highest BCUT2D eigenvalue weighted by Gasteiger charge is 2.32. The number of aromatic nitrogens is 3. The number of amides is 3. The highest BCUT2D eigenvalue weighted by atomic mass is 32.2. The van der Waals surface area contributed by atoms with Crippen LogP contribution in [0.5, 0.6) is 0 Å². The molecule has 3 amide bonds. The quantitative estimate of drug-likeness (QED) is 0.407. The average Bonchev–Trinajstić information content (AvgIpc) is 3.25. The Kier molecular flexibility index (Phi) is 5.85. The Morgan fingerprint density at radius 3 is 2.26 bits per heavy atom. The summed E-state index contributed by atoms with van der Waals surface area (Å²) < 4.78 is 1.83. The normalized spacial score (nSPS) is 12.9. The van der Waals surface area contributed by atoms with Crippen molar-refractivity contribution >= 4 is 45.9 Å². The van der Waals surface area contributed by atoms with Crippen LogP contribution in [0.25, 0.3) is 10.8 Å². The fraction of sp³-hybridized carbons (Fsp3) is 0.160. The maximum absolute atomic E-state index is 12.9. The number of nitrogens with one attached hydrogen (secondary N) is 1. The number of nitrogens with zero attached hydrogens (tertiary/aromatic N) is 4. The predicted molar refractivity (Wildman–Crippen MR) is 129 cm³/mol. The lowest BCUT2D eigenvalue weighted by Crippen LogP contribution is -2.41. The fourth-order valence-corrected chi connectivity index (χ4v) is 4.74. The fourth-order valence-electron chi connectivity index (χ4n) is 3.98. The molecule has 0 saturated carbocycles. The molecule has 0 saturated heterocycles. The van der Waals surface area contributed by atoms with E-state index < -0.39 is 0 Å². The monoisotopic (exact) mass is 471 g/mol. The summed E-state index contributed by atoms with van der Waals surface area (Å²) in [6.07, 6.45) is 2.21. The molecule has 4 aromatic rings. The van der Waals surface area contributed by atoms with Crippen molar-refractivity contribution in [2.45, 2.75) is 22.9 Å². The number of carbonyl (C=O) groups excluding carboxylic acids is 3. The lowest BCUT2D eigenvalue weighted by Gasteiger charge is -2.27. The third-order valence-electron chi connectivity index (χ3n) is 5.66. The molecule has 0 fully saturated rings. The van der Waals surface area contributed by atoms with Crippen LogP contribution in [-0.4, -0.2) is 43.9 Å². The zero-order valence-corrected chi connectivity index (χ0v) is 19.2. The number of hydrogen-bond acceptors (Lipinski definition) is 6. The summed E-state index contributed by atoms with van der Waals surface area (Å²) in [4.78, 5) is 40.5. The Bertz CT molecular complexity index is 1360.